The Labute approximate surface area is 117 Å². The topological polar surface area (TPSA) is 23.5 Å². The van der Waals surface area contributed by atoms with E-state index in [0.29, 0.717) is 17.9 Å². The molecule has 0 radical (unpaired) electrons. The first-order valence-corrected chi connectivity index (χ1v) is 7.40. The number of likely N-dealkylation sites (tertiary alicyclic amines) is 1. The molecule has 1 saturated heterocycles. The SMILES string of the molecule is Cc1ccc(CN2CCC(C)(C)C(CCO)C2)cc1. The summed E-state index contributed by atoms with van der Waals surface area (Å²) in [7, 11) is 0. The van der Waals surface area contributed by atoms with Crippen LogP contribution in [0.5, 0.6) is 0 Å². The van der Waals surface area contributed by atoms with Gasteiger partial charge >= 0.3 is 0 Å². The van der Waals surface area contributed by atoms with Crippen molar-refractivity contribution < 1.29 is 5.11 Å². The van der Waals surface area contributed by atoms with Gasteiger partial charge < -0.3 is 5.11 Å². The fraction of sp³-hybridized carbons (Fsp3) is 0.647. The van der Waals surface area contributed by atoms with E-state index in [2.05, 4.69) is 49.9 Å². The Morgan fingerprint density at radius 2 is 1.95 bits per heavy atom. The van der Waals surface area contributed by atoms with Crippen molar-refractivity contribution in [1.29, 1.82) is 0 Å². The van der Waals surface area contributed by atoms with Crippen molar-refractivity contribution >= 4 is 0 Å². The molecule has 2 nitrogen and oxygen atoms in total. The normalized spacial score (nSPS) is 23.5. The summed E-state index contributed by atoms with van der Waals surface area (Å²) < 4.78 is 0. The second kappa shape index (κ2) is 6.06. The lowest BCUT2D eigenvalue weighted by molar-refractivity contribution is 0.0399. The Hall–Kier alpha value is -0.860. The van der Waals surface area contributed by atoms with E-state index in [-0.39, 0.29) is 0 Å². The molecule has 0 aromatic heterocycles. The molecule has 106 valence electrons. The zero-order chi connectivity index (χ0) is 13.9. The van der Waals surface area contributed by atoms with Crippen molar-refractivity contribution in [3.8, 4) is 0 Å². The highest BCUT2D eigenvalue weighted by Gasteiger charge is 2.34. The highest BCUT2D eigenvalue weighted by molar-refractivity contribution is 5.21. The van der Waals surface area contributed by atoms with E-state index in [1.807, 2.05) is 0 Å². The van der Waals surface area contributed by atoms with Gasteiger partial charge in [0.15, 0.2) is 0 Å². The monoisotopic (exact) mass is 261 g/mol. The molecule has 2 rings (SSSR count). The third-order valence-corrected chi connectivity index (χ3v) is 4.66. The Bertz CT molecular complexity index is 396. The predicted octanol–water partition coefficient (Wildman–Crippen LogP) is 3.23. The van der Waals surface area contributed by atoms with Crippen LogP contribution < -0.4 is 0 Å². The van der Waals surface area contributed by atoms with Crippen LogP contribution in [0, 0.1) is 18.3 Å². The van der Waals surface area contributed by atoms with E-state index in [0.717, 1.165) is 19.5 Å². The first-order valence-electron chi connectivity index (χ1n) is 7.40. The average Bonchev–Trinajstić information content (AvgIpc) is 2.37. The molecule has 19 heavy (non-hydrogen) atoms. The Morgan fingerprint density at radius 3 is 2.58 bits per heavy atom. The number of aliphatic hydroxyl groups is 1. The first kappa shape index (κ1) is 14.5. The van der Waals surface area contributed by atoms with Gasteiger partial charge in [0, 0.05) is 19.7 Å². The number of piperidine rings is 1. The van der Waals surface area contributed by atoms with Gasteiger partial charge in [0.05, 0.1) is 0 Å². The van der Waals surface area contributed by atoms with Crippen molar-refractivity contribution in [1.82, 2.24) is 4.90 Å². The quantitative estimate of drug-likeness (QED) is 0.899. The maximum Gasteiger partial charge on any atom is 0.0434 e. The molecule has 1 aliphatic rings. The lowest BCUT2D eigenvalue weighted by Crippen LogP contribution is -2.44. The maximum absolute atomic E-state index is 9.24. The largest absolute Gasteiger partial charge is 0.396 e. The predicted molar refractivity (Wildman–Crippen MR) is 80.0 cm³/mol. The third-order valence-electron chi connectivity index (χ3n) is 4.66. The number of nitrogens with zero attached hydrogens (tertiary/aromatic N) is 1. The number of hydrogen-bond donors (Lipinski definition) is 1. The summed E-state index contributed by atoms with van der Waals surface area (Å²) in [5, 5.41) is 9.24. The molecule has 0 amide bonds. The molecule has 1 aromatic carbocycles. The van der Waals surface area contributed by atoms with Gasteiger partial charge in [-0.2, -0.15) is 0 Å². The van der Waals surface area contributed by atoms with Crippen molar-refractivity contribution in [3.63, 3.8) is 0 Å². The van der Waals surface area contributed by atoms with Crippen LogP contribution in [0.4, 0.5) is 0 Å². The van der Waals surface area contributed by atoms with Gasteiger partial charge in [0.25, 0.3) is 0 Å². The van der Waals surface area contributed by atoms with E-state index in [4.69, 9.17) is 0 Å². The van der Waals surface area contributed by atoms with Crippen LogP contribution in [0.25, 0.3) is 0 Å². The molecule has 0 saturated carbocycles. The molecular formula is C17H27NO. The van der Waals surface area contributed by atoms with Crippen LogP contribution in [0.3, 0.4) is 0 Å². The number of hydrogen-bond acceptors (Lipinski definition) is 2. The van der Waals surface area contributed by atoms with Gasteiger partial charge in [0.1, 0.15) is 0 Å². The lowest BCUT2D eigenvalue weighted by Gasteiger charge is -2.44. The molecule has 1 fully saturated rings. The molecule has 1 aromatic rings. The molecule has 1 N–H and O–H groups in total. The first-order chi connectivity index (χ1) is 9.01. The lowest BCUT2D eigenvalue weighted by atomic mass is 9.72. The summed E-state index contributed by atoms with van der Waals surface area (Å²) >= 11 is 0. The number of rotatable bonds is 4. The van der Waals surface area contributed by atoms with Gasteiger partial charge in [-0.15, -0.1) is 0 Å². The summed E-state index contributed by atoms with van der Waals surface area (Å²) in [6, 6.07) is 8.84. The molecular weight excluding hydrogens is 234 g/mol. The maximum atomic E-state index is 9.24. The van der Waals surface area contributed by atoms with Crippen molar-refractivity contribution in [2.24, 2.45) is 11.3 Å². The van der Waals surface area contributed by atoms with Crippen LogP contribution in [0.1, 0.15) is 37.8 Å². The van der Waals surface area contributed by atoms with E-state index in [9.17, 15) is 5.11 Å². The molecule has 0 aliphatic carbocycles. The highest BCUT2D eigenvalue weighted by Crippen LogP contribution is 2.37. The fourth-order valence-electron chi connectivity index (χ4n) is 3.03. The Kier molecular flexibility index (Phi) is 4.64. The van der Waals surface area contributed by atoms with E-state index in [1.54, 1.807) is 0 Å². The van der Waals surface area contributed by atoms with Gasteiger partial charge in [-0.05, 0) is 43.2 Å². The zero-order valence-electron chi connectivity index (χ0n) is 12.5. The minimum Gasteiger partial charge on any atom is -0.396 e. The minimum atomic E-state index is 0.312. The van der Waals surface area contributed by atoms with E-state index < -0.39 is 0 Å². The number of aryl methyl sites for hydroxylation is 1. The summed E-state index contributed by atoms with van der Waals surface area (Å²) in [5.41, 5.74) is 3.08. The Balaban J connectivity index is 1.97. The van der Waals surface area contributed by atoms with Gasteiger partial charge in [-0.1, -0.05) is 43.7 Å². The van der Waals surface area contributed by atoms with Crippen molar-refractivity contribution in [3.05, 3.63) is 35.4 Å². The molecule has 1 unspecified atom stereocenters. The van der Waals surface area contributed by atoms with Crippen LogP contribution >= 0.6 is 0 Å². The number of aliphatic hydroxyl groups excluding tert-OH is 1. The molecule has 1 atom stereocenters. The second-order valence-electron chi connectivity index (χ2n) is 6.67. The Morgan fingerprint density at radius 1 is 1.26 bits per heavy atom. The van der Waals surface area contributed by atoms with Gasteiger partial charge in [-0.25, -0.2) is 0 Å². The summed E-state index contributed by atoms with van der Waals surface area (Å²) in [6.45, 7) is 10.5. The summed E-state index contributed by atoms with van der Waals surface area (Å²) in [4.78, 5) is 2.54. The number of benzene rings is 1. The van der Waals surface area contributed by atoms with E-state index in [1.165, 1.54) is 24.1 Å². The van der Waals surface area contributed by atoms with E-state index >= 15 is 0 Å². The minimum absolute atomic E-state index is 0.312. The van der Waals surface area contributed by atoms with Crippen LogP contribution in [0.2, 0.25) is 0 Å². The highest BCUT2D eigenvalue weighted by atomic mass is 16.3. The molecule has 1 heterocycles. The molecule has 0 spiro atoms. The molecule has 0 bridgehead atoms. The van der Waals surface area contributed by atoms with Crippen molar-refractivity contribution in [2.45, 2.75) is 40.2 Å². The smallest absolute Gasteiger partial charge is 0.0434 e. The van der Waals surface area contributed by atoms with Crippen LogP contribution in [0.15, 0.2) is 24.3 Å². The molecule has 1 aliphatic heterocycles. The average molecular weight is 261 g/mol. The molecule has 2 heteroatoms. The fourth-order valence-corrected chi connectivity index (χ4v) is 3.03. The second-order valence-corrected chi connectivity index (χ2v) is 6.67. The van der Waals surface area contributed by atoms with Gasteiger partial charge in [0.2, 0.25) is 0 Å². The standard InChI is InChI=1S/C17H27NO/c1-14-4-6-15(7-5-14)12-18-10-9-17(2,3)16(13-18)8-11-19/h4-7,16,19H,8-13H2,1-3H3. The summed E-state index contributed by atoms with van der Waals surface area (Å²) in [5.74, 6) is 0.608. The van der Waals surface area contributed by atoms with Crippen LogP contribution in [-0.4, -0.2) is 29.7 Å². The van der Waals surface area contributed by atoms with Crippen molar-refractivity contribution in [2.75, 3.05) is 19.7 Å². The van der Waals surface area contributed by atoms with Gasteiger partial charge in [-0.3, -0.25) is 4.90 Å². The zero-order valence-corrected chi connectivity index (χ0v) is 12.5. The van der Waals surface area contributed by atoms with Crippen LogP contribution in [-0.2, 0) is 6.54 Å². The third kappa shape index (κ3) is 3.80. The summed E-state index contributed by atoms with van der Waals surface area (Å²) in [6.07, 6.45) is 2.15.